The van der Waals surface area contributed by atoms with Crippen molar-refractivity contribution < 1.29 is 22.4 Å². The van der Waals surface area contributed by atoms with Crippen molar-refractivity contribution in [3.8, 4) is 17.1 Å². The number of carbonyl (C=O) groups excluding carboxylic acids is 1. The molecule has 0 bridgehead atoms. The molecule has 0 radical (unpaired) electrons. The summed E-state index contributed by atoms with van der Waals surface area (Å²) in [4.78, 5) is 11.7. The van der Waals surface area contributed by atoms with Crippen molar-refractivity contribution in [1.29, 1.82) is 0 Å². The van der Waals surface area contributed by atoms with Gasteiger partial charge in [-0.05, 0) is 62.4 Å². The van der Waals surface area contributed by atoms with Gasteiger partial charge in [0.25, 0.3) is 10.0 Å². The van der Waals surface area contributed by atoms with Crippen LogP contribution in [0.2, 0.25) is 5.02 Å². The normalized spacial score (nSPS) is 11.9. The molecule has 1 atom stereocenters. The van der Waals surface area contributed by atoms with E-state index in [9.17, 15) is 13.2 Å². The van der Waals surface area contributed by atoms with Crippen molar-refractivity contribution in [3.05, 3.63) is 59.3 Å². The zero-order chi connectivity index (χ0) is 22.8. The zero-order valence-electron chi connectivity index (χ0n) is 17.5. The lowest BCUT2D eigenvalue weighted by Crippen LogP contribution is -2.32. The average Bonchev–Trinajstić information content (AvgIpc) is 3.14. The molecule has 4 N–H and O–H groups in total. The van der Waals surface area contributed by atoms with E-state index < -0.39 is 22.0 Å². The lowest BCUT2D eigenvalue weighted by Gasteiger charge is -2.15. The molecule has 0 saturated heterocycles. The summed E-state index contributed by atoms with van der Waals surface area (Å²) in [6.07, 6.45) is 0. The van der Waals surface area contributed by atoms with Crippen LogP contribution in [0.1, 0.15) is 12.7 Å². The number of furan rings is 1. The van der Waals surface area contributed by atoms with Crippen molar-refractivity contribution in [2.24, 2.45) is 5.73 Å². The second kappa shape index (κ2) is 10.3. The first-order chi connectivity index (χ1) is 14.6. The van der Waals surface area contributed by atoms with Crippen LogP contribution in [0.5, 0.6) is 5.75 Å². The molecule has 0 fully saturated rings. The molecule has 3 aromatic rings. The number of aryl methyl sites for hydroxylation is 1. The number of amides is 1. The summed E-state index contributed by atoms with van der Waals surface area (Å²) in [6.45, 7) is 3.35. The molecule has 3 rings (SSSR count). The van der Waals surface area contributed by atoms with Crippen LogP contribution < -0.4 is 20.5 Å². The fourth-order valence-electron chi connectivity index (χ4n) is 2.78. The fraction of sp³-hybridized carbons (Fsp3) is 0.190. The Labute approximate surface area is 197 Å². The molecule has 0 aliphatic rings. The predicted octanol–water partition coefficient (Wildman–Crippen LogP) is 4.43. The number of hydrogen-bond donors (Lipinski definition) is 3. The van der Waals surface area contributed by atoms with E-state index >= 15 is 0 Å². The first-order valence-corrected chi connectivity index (χ1v) is 11.1. The summed E-state index contributed by atoms with van der Waals surface area (Å²) in [5.41, 5.74) is 6.69. The molecular weight excluding hydrogens is 477 g/mol. The molecular formula is C21H23Cl2N3O5S. The third kappa shape index (κ3) is 5.74. The molecule has 0 spiro atoms. The number of carbonyl (C=O) groups is 1. The smallest absolute Gasteiger partial charge is 0.263 e. The van der Waals surface area contributed by atoms with Crippen LogP contribution in [0.15, 0.2) is 57.8 Å². The van der Waals surface area contributed by atoms with Crippen molar-refractivity contribution >= 4 is 51.3 Å². The fourth-order valence-corrected chi connectivity index (χ4v) is 4.39. The molecule has 1 aromatic heterocycles. The number of anilines is 2. The quantitative estimate of drug-likeness (QED) is 0.441. The van der Waals surface area contributed by atoms with Gasteiger partial charge in [-0.3, -0.25) is 9.52 Å². The average molecular weight is 500 g/mol. The molecule has 0 aliphatic carbocycles. The van der Waals surface area contributed by atoms with E-state index in [0.717, 1.165) is 5.76 Å². The van der Waals surface area contributed by atoms with E-state index in [0.29, 0.717) is 17.0 Å². The maximum absolute atomic E-state index is 13.0. The van der Waals surface area contributed by atoms with Gasteiger partial charge >= 0.3 is 0 Å². The number of rotatable bonds is 7. The van der Waals surface area contributed by atoms with E-state index in [1.807, 2.05) is 6.92 Å². The SMILES string of the molecule is COc1ccc(NC(=O)[C@@H](C)N)cc1NS(=O)(=O)c1ccc(-c2ccc(C)o2)cc1Cl.Cl. The number of benzene rings is 2. The molecule has 1 amide bonds. The number of sulfonamides is 1. The van der Waals surface area contributed by atoms with Gasteiger partial charge in [-0.2, -0.15) is 0 Å². The summed E-state index contributed by atoms with van der Waals surface area (Å²) in [5, 5.41) is 2.63. The first-order valence-electron chi connectivity index (χ1n) is 9.24. The standard InChI is InChI=1S/C21H22ClN3O5S.ClH/c1-12-4-7-18(30-12)14-5-9-20(16(22)10-14)31(27,28)25-17-11-15(6-8-19(17)29-3)24-21(26)13(2)23;/h4-11,13,25H,23H2,1-3H3,(H,24,26);1H/t13-;/m1./s1. The Bertz CT molecular complexity index is 1230. The number of methoxy groups -OCH3 is 1. The molecule has 172 valence electrons. The van der Waals surface area contributed by atoms with Gasteiger partial charge < -0.3 is 20.2 Å². The Morgan fingerprint density at radius 1 is 1.16 bits per heavy atom. The van der Waals surface area contributed by atoms with Crippen LogP contribution in [-0.4, -0.2) is 27.5 Å². The Morgan fingerprint density at radius 2 is 1.88 bits per heavy atom. The Kier molecular flexibility index (Phi) is 8.19. The van der Waals surface area contributed by atoms with Crippen molar-refractivity contribution in [2.75, 3.05) is 17.1 Å². The third-order valence-electron chi connectivity index (χ3n) is 4.37. The third-order valence-corrected chi connectivity index (χ3v) is 6.22. The summed E-state index contributed by atoms with van der Waals surface area (Å²) in [6, 6.07) is 11.9. The van der Waals surface area contributed by atoms with Gasteiger partial charge in [0, 0.05) is 11.3 Å². The van der Waals surface area contributed by atoms with E-state index in [4.69, 9.17) is 26.5 Å². The first kappa shape index (κ1) is 25.5. The molecule has 0 aliphatic heterocycles. The molecule has 2 aromatic carbocycles. The van der Waals surface area contributed by atoms with Crippen LogP contribution in [0.4, 0.5) is 11.4 Å². The highest BCUT2D eigenvalue weighted by Gasteiger charge is 2.21. The molecule has 1 heterocycles. The minimum absolute atomic E-state index is 0. The van der Waals surface area contributed by atoms with E-state index in [1.54, 1.807) is 24.3 Å². The second-order valence-corrected chi connectivity index (χ2v) is 8.91. The highest BCUT2D eigenvalue weighted by Crippen LogP contribution is 2.33. The second-order valence-electron chi connectivity index (χ2n) is 6.85. The van der Waals surface area contributed by atoms with Gasteiger partial charge in [0.2, 0.25) is 5.91 Å². The summed E-state index contributed by atoms with van der Waals surface area (Å²) >= 11 is 6.28. The lowest BCUT2D eigenvalue weighted by molar-refractivity contribution is -0.117. The Hall–Kier alpha value is -2.72. The zero-order valence-corrected chi connectivity index (χ0v) is 19.9. The van der Waals surface area contributed by atoms with Crippen LogP contribution in [0.3, 0.4) is 0 Å². The highest BCUT2D eigenvalue weighted by molar-refractivity contribution is 7.92. The number of halogens is 2. The summed E-state index contributed by atoms with van der Waals surface area (Å²) in [5.74, 6) is 1.16. The molecule has 32 heavy (non-hydrogen) atoms. The summed E-state index contributed by atoms with van der Waals surface area (Å²) in [7, 11) is -2.66. The highest BCUT2D eigenvalue weighted by atomic mass is 35.5. The van der Waals surface area contributed by atoms with Gasteiger partial charge in [-0.15, -0.1) is 12.4 Å². The summed E-state index contributed by atoms with van der Waals surface area (Å²) < 4.78 is 39.3. The lowest BCUT2D eigenvalue weighted by atomic mass is 10.2. The molecule has 0 unspecified atom stereocenters. The largest absolute Gasteiger partial charge is 0.495 e. The molecule has 11 heteroatoms. The van der Waals surface area contributed by atoms with Gasteiger partial charge in [0.05, 0.1) is 23.9 Å². The van der Waals surface area contributed by atoms with Gasteiger partial charge in [0.1, 0.15) is 22.2 Å². The number of hydrogen-bond acceptors (Lipinski definition) is 6. The van der Waals surface area contributed by atoms with E-state index in [2.05, 4.69) is 10.0 Å². The van der Waals surface area contributed by atoms with E-state index in [1.165, 1.54) is 38.3 Å². The predicted molar refractivity (Wildman–Crippen MR) is 127 cm³/mol. The van der Waals surface area contributed by atoms with Crippen molar-refractivity contribution in [2.45, 2.75) is 24.8 Å². The van der Waals surface area contributed by atoms with Crippen LogP contribution in [-0.2, 0) is 14.8 Å². The van der Waals surface area contributed by atoms with Crippen molar-refractivity contribution in [3.63, 3.8) is 0 Å². The monoisotopic (exact) mass is 499 g/mol. The van der Waals surface area contributed by atoms with Crippen LogP contribution in [0, 0.1) is 6.92 Å². The minimum atomic E-state index is -4.06. The number of nitrogens with two attached hydrogens (primary N) is 1. The maximum Gasteiger partial charge on any atom is 0.263 e. The van der Waals surface area contributed by atoms with Gasteiger partial charge in [0.15, 0.2) is 0 Å². The maximum atomic E-state index is 13.0. The van der Waals surface area contributed by atoms with Crippen LogP contribution in [0.25, 0.3) is 11.3 Å². The van der Waals surface area contributed by atoms with Gasteiger partial charge in [-0.1, -0.05) is 11.6 Å². The minimum Gasteiger partial charge on any atom is -0.495 e. The Morgan fingerprint density at radius 3 is 2.44 bits per heavy atom. The van der Waals surface area contributed by atoms with Crippen LogP contribution >= 0.6 is 24.0 Å². The van der Waals surface area contributed by atoms with E-state index in [-0.39, 0.29) is 33.8 Å². The molecule has 8 nitrogen and oxygen atoms in total. The number of ether oxygens (including phenoxy) is 1. The molecule has 0 saturated carbocycles. The Balaban J connectivity index is 0.00000363. The van der Waals surface area contributed by atoms with Gasteiger partial charge in [-0.25, -0.2) is 8.42 Å². The topological polar surface area (TPSA) is 124 Å². The van der Waals surface area contributed by atoms with Crippen molar-refractivity contribution in [1.82, 2.24) is 0 Å². The number of nitrogens with one attached hydrogen (secondary N) is 2.